The fourth-order valence-electron chi connectivity index (χ4n) is 2.23. The standard InChI is InChI=1S/C17H16O2/c1-3-7-15(8-4-1)11-12-17(18-13-14-19-17)16-9-5-2-6-10-16/h1-12H,13-14H2/b12-11+. The Hall–Kier alpha value is -1.90. The van der Waals surface area contributed by atoms with Gasteiger partial charge in [0.1, 0.15) is 0 Å². The van der Waals surface area contributed by atoms with Crippen molar-refractivity contribution in [3.8, 4) is 0 Å². The molecular formula is C17H16O2. The van der Waals surface area contributed by atoms with Crippen molar-refractivity contribution in [1.29, 1.82) is 0 Å². The second-order valence-electron chi connectivity index (χ2n) is 4.47. The van der Waals surface area contributed by atoms with Crippen molar-refractivity contribution >= 4 is 6.08 Å². The van der Waals surface area contributed by atoms with E-state index in [4.69, 9.17) is 9.47 Å². The van der Waals surface area contributed by atoms with Crippen LogP contribution >= 0.6 is 0 Å². The molecule has 0 bridgehead atoms. The highest BCUT2D eigenvalue weighted by Crippen LogP contribution is 2.33. The van der Waals surface area contributed by atoms with Crippen LogP contribution < -0.4 is 0 Å². The average Bonchev–Trinajstić information content (AvgIpc) is 2.97. The number of rotatable bonds is 3. The van der Waals surface area contributed by atoms with Crippen LogP contribution in [-0.2, 0) is 15.3 Å². The van der Waals surface area contributed by atoms with Gasteiger partial charge in [0, 0.05) is 5.56 Å². The van der Waals surface area contributed by atoms with Gasteiger partial charge < -0.3 is 9.47 Å². The van der Waals surface area contributed by atoms with E-state index in [-0.39, 0.29) is 0 Å². The van der Waals surface area contributed by atoms with Gasteiger partial charge in [-0.1, -0.05) is 66.7 Å². The van der Waals surface area contributed by atoms with Gasteiger partial charge in [0.15, 0.2) is 0 Å². The third kappa shape index (κ3) is 2.60. The lowest BCUT2D eigenvalue weighted by molar-refractivity contribution is -0.122. The Morgan fingerprint density at radius 2 is 1.37 bits per heavy atom. The maximum atomic E-state index is 5.84. The molecule has 96 valence electrons. The van der Waals surface area contributed by atoms with Gasteiger partial charge in [-0.15, -0.1) is 0 Å². The van der Waals surface area contributed by atoms with Crippen LogP contribution in [0, 0.1) is 0 Å². The van der Waals surface area contributed by atoms with E-state index in [2.05, 4.69) is 12.1 Å². The van der Waals surface area contributed by atoms with Gasteiger partial charge in [-0.3, -0.25) is 0 Å². The highest BCUT2D eigenvalue weighted by molar-refractivity contribution is 5.51. The van der Waals surface area contributed by atoms with Crippen LogP contribution in [0.2, 0.25) is 0 Å². The van der Waals surface area contributed by atoms with Crippen LogP contribution in [0.5, 0.6) is 0 Å². The van der Waals surface area contributed by atoms with E-state index in [1.807, 2.05) is 60.7 Å². The topological polar surface area (TPSA) is 18.5 Å². The van der Waals surface area contributed by atoms with Gasteiger partial charge in [0.2, 0.25) is 5.79 Å². The molecule has 19 heavy (non-hydrogen) atoms. The molecule has 0 saturated carbocycles. The Bertz CT molecular complexity index is 540. The summed E-state index contributed by atoms with van der Waals surface area (Å²) < 4.78 is 11.7. The first-order valence-corrected chi connectivity index (χ1v) is 6.47. The summed E-state index contributed by atoms with van der Waals surface area (Å²) in [7, 11) is 0. The predicted octanol–water partition coefficient (Wildman–Crippen LogP) is 3.60. The van der Waals surface area contributed by atoms with Gasteiger partial charge in [-0.2, -0.15) is 0 Å². The van der Waals surface area contributed by atoms with Crippen molar-refractivity contribution in [3.63, 3.8) is 0 Å². The minimum atomic E-state index is -0.739. The smallest absolute Gasteiger partial charge is 0.215 e. The van der Waals surface area contributed by atoms with Gasteiger partial charge in [-0.05, 0) is 11.6 Å². The maximum Gasteiger partial charge on any atom is 0.215 e. The molecule has 0 N–H and O–H groups in total. The van der Waals surface area contributed by atoms with E-state index in [9.17, 15) is 0 Å². The second kappa shape index (κ2) is 5.39. The molecule has 2 nitrogen and oxygen atoms in total. The molecule has 1 saturated heterocycles. The number of hydrogen-bond donors (Lipinski definition) is 0. The lowest BCUT2D eigenvalue weighted by atomic mass is 10.0. The molecule has 1 aliphatic rings. The zero-order chi connectivity index (χ0) is 13.0. The van der Waals surface area contributed by atoms with Crippen LogP contribution in [-0.4, -0.2) is 13.2 Å². The van der Waals surface area contributed by atoms with Crippen molar-refractivity contribution in [2.24, 2.45) is 0 Å². The molecule has 1 fully saturated rings. The lowest BCUT2D eigenvalue weighted by Gasteiger charge is -2.24. The average molecular weight is 252 g/mol. The van der Waals surface area contributed by atoms with E-state index in [0.717, 1.165) is 11.1 Å². The van der Waals surface area contributed by atoms with E-state index >= 15 is 0 Å². The van der Waals surface area contributed by atoms with E-state index in [1.54, 1.807) is 0 Å². The quantitative estimate of drug-likeness (QED) is 0.831. The van der Waals surface area contributed by atoms with Gasteiger partial charge in [-0.25, -0.2) is 0 Å². The molecule has 0 atom stereocenters. The Labute approximate surface area is 113 Å². The zero-order valence-corrected chi connectivity index (χ0v) is 10.7. The first kappa shape index (κ1) is 12.2. The summed E-state index contributed by atoms with van der Waals surface area (Å²) in [6.07, 6.45) is 4.03. The molecule has 0 radical (unpaired) electrons. The normalized spacial score (nSPS) is 17.9. The summed E-state index contributed by atoms with van der Waals surface area (Å²) in [5, 5.41) is 0. The molecular weight excluding hydrogens is 236 g/mol. The lowest BCUT2D eigenvalue weighted by Crippen LogP contribution is -2.24. The fourth-order valence-corrected chi connectivity index (χ4v) is 2.23. The summed E-state index contributed by atoms with van der Waals surface area (Å²) in [5.41, 5.74) is 2.16. The third-order valence-electron chi connectivity index (χ3n) is 3.19. The monoisotopic (exact) mass is 252 g/mol. The Morgan fingerprint density at radius 1 is 0.789 bits per heavy atom. The van der Waals surface area contributed by atoms with Crippen LogP contribution in [0.4, 0.5) is 0 Å². The molecule has 0 unspecified atom stereocenters. The summed E-state index contributed by atoms with van der Waals surface area (Å²) >= 11 is 0. The van der Waals surface area contributed by atoms with Gasteiger partial charge in [0.05, 0.1) is 13.2 Å². The molecule has 0 aliphatic carbocycles. The van der Waals surface area contributed by atoms with Crippen LogP contribution in [0.15, 0.2) is 66.7 Å². The molecule has 0 aromatic heterocycles. The minimum absolute atomic E-state index is 0.619. The molecule has 2 heteroatoms. The van der Waals surface area contributed by atoms with Gasteiger partial charge in [0.25, 0.3) is 0 Å². The van der Waals surface area contributed by atoms with Crippen LogP contribution in [0.1, 0.15) is 11.1 Å². The zero-order valence-electron chi connectivity index (χ0n) is 10.7. The molecule has 2 aromatic rings. The highest BCUT2D eigenvalue weighted by Gasteiger charge is 2.35. The first-order valence-electron chi connectivity index (χ1n) is 6.47. The van der Waals surface area contributed by atoms with Crippen LogP contribution in [0.3, 0.4) is 0 Å². The summed E-state index contributed by atoms with van der Waals surface area (Å²) in [4.78, 5) is 0. The minimum Gasteiger partial charge on any atom is -0.340 e. The van der Waals surface area contributed by atoms with Crippen molar-refractivity contribution in [2.45, 2.75) is 5.79 Å². The molecule has 2 aromatic carbocycles. The predicted molar refractivity (Wildman–Crippen MR) is 75.5 cm³/mol. The maximum absolute atomic E-state index is 5.84. The first-order chi connectivity index (χ1) is 9.39. The Morgan fingerprint density at radius 3 is 2.00 bits per heavy atom. The molecule has 0 amide bonds. The van der Waals surface area contributed by atoms with Gasteiger partial charge >= 0.3 is 0 Å². The highest BCUT2D eigenvalue weighted by atomic mass is 16.7. The Balaban J connectivity index is 1.92. The van der Waals surface area contributed by atoms with Crippen molar-refractivity contribution in [1.82, 2.24) is 0 Å². The molecule has 1 aliphatic heterocycles. The summed E-state index contributed by atoms with van der Waals surface area (Å²) in [6, 6.07) is 20.2. The summed E-state index contributed by atoms with van der Waals surface area (Å²) in [5.74, 6) is -0.739. The molecule has 3 rings (SSSR count). The summed E-state index contributed by atoms with van der Waals surface area (Å²) in [6.45, 7) is 1.24. The Kier molecular flexibility index (Phi) is 3.45. The van der Waals surface area contributed by atoms with E-state index in [1.165, 1.54) is 0 Å². The second-order valence-corrected chi connectivity index (χ2v) is 4.47. The largest absolute Gasteiger partial charge is 0.340 e. The number of ether oxygens (including phenoxy) is 2. The fraction of sp³-hybridized carbons (Fsp3) is 0.176. The van der Waals surface area contributed by atoms with E-state index < -0.39 is 5.79 Å². The van der Waals surface area contributed by atoms with Crippen molar-refractivity contribution in [3.05, 3.63) is 77.9 Å². The van der Waals surface area contributed by atoms with Crippen LogP contribution in [0.25, 0.3) is 6.08 Å². The SMILES string of the molecule is C(=C\C1(c2ccccc2)OCCO1)/c1ccccc1. The third-order valence-corrected chi connectivity index (χ3v) is 3.19. The number of benzene rings is 2. The van der Waals surface area contributed by atoms with Crippen molar-refractivity contribution in [2.75, 3.05) is 13.2 Å². The molecule has 1 heterocycles. The molecule has 0 spiro atoms. The number of hydrogen-bond acceptors (Lipinski definition) is 2. The van der Waals surface area contributed by atoms with Crippen molar-refractivity contribution < 1.29 is 9.47 Å². The van der Waals surface area contributed by atoms with E-state index in [0.29, 0.717) is 13.2 Å².